The first-order valence-electron chi connectivity index (χ1n) is 5.26. The molecule has 0 saturated heterocycles. The van der Waals surface area contributed by atoms with Crippen molar-refractivity contribution in [3.8, 4) is 0 Å². The number of rotatable bonds is 6. The maximum absolute atomic E-state index is 11.3. The first-order chi connectivity index (χ1) is 8.09. The fourth-order valence-electron chi connectivity index (χ4n) is 1.22. The van der Waals surface area contributed by atoms with Gasteiger partial charge in [0.05, 0.1) is 0 Å². The van der Waals surface area contributed by atoms with E-state index in [9.17, 15) is 14.7 Å². The van der Waals surface area contributed by atoms with Crippen LogP contribution in [0.2, 0.25) is 0 Å². The number of aliphatic hydroxyl groups is 1. The van der Waals surface area contributed by atoms with Crippen LogP contribution in [-0.2, 0) is 20.9 Å². The van der Waals surface area contributed by atoms with E-state index in [0.717, 1.165) is 5.56 Å². The number of carbonyl (C=O) groups is 2. The molecule has 92 valence electrons. The number of ether oxygens (including phenoxy) is 1. The Morgan fingerprint density at radius 3 is 2.53 bits per heavy atom. The van der Waals surface area contributed by atoms with Crippen molar-refractivity contribution in [1.29, 1.82) is 0 Å². The van der Waals surface area contributed by atoms with E-state index < -0.39 is 18.0 Å². The molecule has 0 bridgehead atoms. The quantitative estimate of drug-likeness (QED) is 0.699. The topological polar surface area (TPSA) is 89.6 Å². The highest BCUT2D eigenvalue weighted by Gasteiger charge is 2.17. The van der Waals surface area contributed by atoms with Crippen molar-refractivity contribution in [2.45, 2.75) is 25.6 Å². The van der Waals surface area contributed by atoms with Crippen molar-refractivity contribution < 1.29 is 19.4 Å². The molecule has 1 rings (SSSR count). The Bertz CT molecular complexity index is 377. The van der Waals surface area contributed by atoms with E-state index in [0.29, 0.717) is 0 Å². The van der Waals surface area contributed by atoms with Crippen LogP contribution in [0.1, 0.15) is 18.4 Å². The molecule has 0 aromatic heterocycles. The third kappa shape index (κ3) is 5.12. The van der Waals surface area contributed by atoms with Crippen LogP contribution in [0.3, 0.4) is 0 Å². The Morgan fingerprint density at radius 2 is 1.94 bits per heavy atom. The molecule has 3 N–H and O–H groups in total. The Balaban J connectivity index is 2.32. The molecule has 17 heavy (non-hydrogen) atoms. The van der Waals surface area contributed by atoms with Crippen molar-refractivity contribution in [2.75, 3.05) is 0 Å². The van der Waals surface area contributed by atoms with Crippen molar-refractivity contribution in [3.05, 3.63) is 35.9 Å². The molecule has 0 spiro atoms. The molecule has 0 aliphatic carbocycles. The summed E-state index contributed by atoms with van der Waals surface area (Å²) in [4.78, 5) is 21.8. The van der Waals surface area contributed by atoms with Gasteiger partial charge in [-0.05, 0) is 12.0 Å². The monoisotopic (exact) mass is 237 g/mol. The second-order valence-electron chi connectivity index (χ2n) is 3.61. The number of hydrogen-bond donors (Lipinski definition) is 2. The molecule has 5 nitrogen and oxygen atoms in total. The second kappa shape index (κ2) is 6.65. The number of aliphatic hydroxyl groups excluding tert-OH is 1. The summed E-state index contributed by atoms with van der Waals surface area (Å²) in [5.74, 6) is -1.30. The standard InChI is InChI=1S/C12H15NO4/c13-11(15)7-6-10(14)12(16)17-8-9-4-2-1-3-5-9/h1-5,10,14H,6-8H2,(H2,13,15)/t10-/m0/s1. The number of primary amides is 1. The molecular formula is C12H15NO4. The lowest BCUT2D eigenvalue weighted by Crippen LogP contribution is -2.25. The fraction of sp³-hybridized carbons (Fsp3) is 0.333. The van der Waals surface area contributed by atoms with E-state index in [1.807, 2.05) is 30.3 Å². The molecule has 0 saturated carbocycles. The summed E-state index contributed by atoms with van der Waals surface area (Å²) in [6.45, 7) is 0.104. The summed E-state index contributed by atoms with van der Waals surface area (Å²) in [6.07, 6.45) is -1.35. The van der Waals surface area contributed by atoms with E-state index in [4.69, 9.17) is 10.5 Å². The molecule has 1 atom stereocenters. The molecule has 0 aliphatic heterocycles. The highest BCUT2D eigenvalue weighted by Crippen LogP contribution is 2.04. The third-order valence-corrected chi connectivity index (χ3v) is 2.16. The highest BCUT2D eigenvalue weighted by molar-refractivity contribution is 5.77. The van der Waals surface area contributed by atoms with Gasteiger partial charge in [-0.3, -0.25) is 4.79 Å². The summed E-state index contributed by atoms with van der Waals surface area (Å²) in [5, 5.41) is 9.36. The summed E-state index contributed by atoms with van der Waals surface area (Å²) in [6, 6.07) is 9.12. The van der Waals surface area contributed by atoms with Crippen molar-refractivity contribution in [2.24, 2.45) is 5.73 Å². The van der Waals surface area contributed by atoms with Gasteiger partial charge in [-0.15, -0.1) is 0 Å². The van der Waals surface area contributed by atoms with E-state index in [1.54, 1.807) is 0 Å². The van der Waals surface area contributed by atoms with Crippen LogP contribution in [0.25, 0.3) is 0 Å². The molecule has 0 unspecified atom stereocenters. The molecule has 1 aromatic rings. The summed E-state index contributed by atoms with van der Waals surface area (Å²) >= 11 is 0. The first kappa shape index (κ1) is 13.2. The van der Waals surface area contributed by atoms with Gasteiger partial charge in [0.15, 0.2) is 6.10 Å². The van der Waals surface area contributed by atoms with E-state index in [-0.39, 0.29) is 19.4 Å². The number of nitrogens with two attached hydrogens (primary N) is 1. The summed E-state index contributed by atoms with van der Waals surface area (Å²) < 4.78 is 4.88. The minimum atomic E-state index is -1.30. The Kier molecular flexibility index (Phi) is 5.16. The van der Waals surface area contributed by atoms with E-state index in [2.05, 4.69) is 0 Å². The van der Waals surface area contributed by atoms with Crippen LogP contribution in [-0.4, -0.2) is 23.1 Å². The molecular weight excluding hydrogens is 222 g/mol. The lowest BCUT2D eigenvalue weighted by molar-refractivity contribution is -0.155. The van der Waals surface area contributed by atoms with Crippen molar-refractivity contribution in [3.63, 3.8) is 0 Å². The predicted octanol–water partition coefficient (Wildman–Crippen LogP) is 0.356. The first-order valence-corrected chi connectivity index (χ1v) is 5.26. The van der Waals surface area contributed by atoms with Gasteiger partial charge < -0.3 is 15.6 Å². The van der Waals surface area contributed by atoms with Gasteiger partial charge in [-0.1, -0.05) is 30.3 Å². The fourth-order valence-corrected chi connectivity index (χ4v) is 1.22. The van der Waals surface area contributed by atoms with Gasteiger partial charge in [-0.25, -0.2) is 4.79 Å². The smallest absolute Gasteiger partial charge is 0.335 e. The summed E-state index contributed by atoms with van der Waals surface area (Å²) in [7, 11) is 0. The summed E-state index contributed by atoms with van der Waals surface area (Å²) in [5.41, 5.74) is 5.74. The van der Waals surface area contributed by atoms with Gasteiger partial charge in [-0.2, -0.15) is 0 Å². The van der Waals surface area contributed by atoms with Gasteiger partial charge in [0.25, 0.3) is 0 Å². The molecule has 0 radical (unpaired) electrons. The van der Waals surface area contributed by atoms with E-state index in [1.165, 1.54) is 0 Å². The Hall–Kier alpha value is -1.88. The maximum Gasteiger partial charge on any atom is 0.335 e. The average molecular weight is 237 g/mol. The van der Waals surface area contributed by atoms with Gasteiger partial charge in [0.2, 0.25) is 5.91 Å². The number of hydrogen-bond acceptors (Lipinski definition) is 4. The van der Waals surface area contributed by atoms with E-state index >= 15 is 0 Å². The minimum Gasteiger partial charge on any atom is -0.459 e. The molecule has 0 fully saturated rings. The molecule has 0 aliphatic rings. The van der Waals surface area contributed by atoms with Gasteiger partial charge in [0, 0.05) is 6.42 Å². The Morgan fingerprint density at radius 1 is 1.29 bits per heavy atom. The minimum absolute atomic E-state index is 0.0110. The van der Waals surface area contributed by atoms with Crippen LogP contribution < -0.4 is 5.73 Å². The third-order valence-electron chi connectivity index (χ3n) is 2.16. The molecule has 0 heterocycles. The number of esters is 1. The van der Waals surface area contributed by atoms with Gasteiger partial charge in [0.1, 0.15) is 6.61 Å². The van der Waals surface area contributed by atoms with Crippen LogP contribution in [0.5, 0.6) is 0 Å². The normalized spacial score (nSPS) is 11.8. The number of carbonyl (C=O) groups excluding carboxylic acids is 2. The number of benzene rings is 1. The number of amides is 1. The zero-order valence-electron chi connectivity index (χ0n) is 9.33. The van der Waals surface area contributed by atoms with Crippen LogP contribution in [0.15, 0.2) is 30.3 Å². The average Bonchev–Trinajstić information content (AvgIpc) is 2.34. The van der Waals surface area contributed by atoms with Crippen LogP contribution in [0.4, 0.5) is 0 Å². The molecule has 1 amide bonds. The zero-order chi connectivity index (χ0) is 12.7. The van der Waals surface area contributed by atoms with Crippen LogP contribution in [0, 0.1) is 0 Å². The zero-order valence-corrected chi connectivity index (χ0v) is 9.33. The van der Waals surface area contributed by atoms with Crippen molar-refractivity contribution in [1.82, 2.24) is 0 Å². The second-order valence-corrected chi connectivity index (χ2v) is 3.61. The molecule has 5 heteroatoms. The molecule has 1 aromatic carbocycles. The highest BCUT2D eigenvalue weighted by atomic mass is 16.5. The largest absolute Gasteiger partial charge is 0.459 e. The lowest BCUT2D eigenvalue weighted by Gasteiger charge is -2.09. The lowest BCUT2D eigenvalue weighted by atomic mass is 10.2. The SMILES string of the molecule is NC(=O)CC[C@H](O)C(=O)OCc1ccccc1. The van der Waals surface area contributed by atoms with Gasteiger partial charge >= 0.3 is 5.97 Å². The maximum atomic E-state index is 11.3. The predicted molar refractivity (Wildman–Crippen MR) is 60.7 cm³/mol. The Labute approximate surface area is 99.2 Å². The van der Waals surface area contributed by atoms with Crippen molar-refractivity contribution >= 4 is 11.9 Å². The van der Waals surface area contributed by atoms with Crippen LogP contribution >= 0.6 is 0 Å².